The number of carbonyl (C=O) groups is 1. The second kappa shape index (κ2) is 6.36. The average molecular weight is 259 g/mol. The number of benzene rings is 2. The molecule has 0 aliphatic carbocycles. The lowest BCUT2D eigenvalue weighted by Gasteiger charge is -2.03. The fourth-order valence-electron chi connectivity index (χ4n) is 1.87. The summed E-state index contributed by atoms with van der Waals surface area (Å²) in [4.78, 5) is 11.4. The molecule has 0 spiro atoms. The van der Waals surface area contributed by atoms with E-state index in [-0.39, 0.29) is 11.7 Å². The zero-order valence-electron chi connectivity index (χ0n) is 10.1. The molecule has 0 aliphatic heterocycles. The Bertz CT molecular complexity index is 502. The van der Waals surface area contributed by atoms with Crippen molar-refractivity contribution in [3.8, 4) is 0 Å². The second-order valence-corrected chi connectivity index (χ2v) is 4.51. The van der Waals surface area contributed by atoms with E-state index in [0.717, 1.165) is 12.8 Å². The first-order valence-corrected chi connectivity index (χ1v) is 6.55. The molecule has 0 radical (unpaired) electrons. The van der Waals surface area contributed by atoms with Gasteiger partial charge in [0.1, 0.15) is 0 Å². The first-order valence-electron chi connectivity index (χ1n) is 6.01. The van der Waals surface area contributed by atoms with E-state index in [1.807, 2.05) is 30.3 Å². The van der Waals surface area contributed by atoms with Crippen molar-refractivity contribution in [3.05, 3.63) is 71.3 Å². The average Bonchev–Trinajstić information content (AvgIpc) is 2.46. The Morgan fingerprint density at radius 2 is 1.39 bits per heavy atom. The van der Waals surface area contributed by atoms with Crippen LogP contribution in [0.3, 0.4) is 0 Å². The van der Waals surface area contributed by atoms with Crippen molar-refractivity contribution in [1.29, 1.82) is 0 Å². The largest absolute Gasteiger partial charge is 0.293 e. The summed E-state index contributed by atoms with van der Waals surface area (Å²) < 4.78 is 0. The zero-order chi connectivity index (χ0) is 12.8. The molecule has 0 amide bonds. The SMILES string of the molecule is O=C(CCl)c1ccc(CCc2ccccc2)cc1. The number of carbonyl (C=O) groups excluding carboxylic acids is 1. The minimum absolute atomic E-state index is 0.0220. The maximum absolute atomic E-state index is 11.4. The Hall–Kier alpha value is -1.60. The van der Waals surface area contributed by atoms with Gasteiger partial charge in [0.25, 0.3) is 0 Å². The van der Waals surface area contributed by atoms with Crippen LogP contribution in [0.5, 0.6) is 0 Å². The van der Waals surface area contributed by atoms with Gasteiger partial charge in [0.15, 0.2) is 5.78 Å². The molecule has 2 heteroatoms. The van der Waals surface area contributed by atoms with Gasteiger partial charge in [-0.2, -0.15) is 0 Å². The topological polar surface area (TPSA) is 17.1 Å². The number of rotatable bonds is 5. The molecule has 0 unspecified atom stereocenters. The molecule has 0 atom stereocenters. The number of halogens is 1. The summed E-state index contributed by atoms with van der Waals surface area (Å²) in [5, 5.41) is 0. The second-order valence-electron chi connectivity index (χ2n) is 4.24. The van der Waals surface area contributed by atoms with Crippen LogP contribution in [0.2, 0.25) is 0 Å². The van der Waals surface area contributed by atoms with Gasteiger partial charge in [-0.15, -0.1) is 11.6 Å². The number of alkyl halides is 1. The molecule has 0 aliphatic rings. The smallest absolute Gasteiger partial charge is 0.177 e. The summed E-state index contributed by atoms with van der Waals surface area (Å²) in [6, 6.07) is 18.1. The Kier molecular flexibility index (Phi) is 4.54. The fraction of sp³-hybridized carbons (Fsp3) is 0.188. The first kappa shape index (κ1) is 12.8. The summed E-state index contributed by atoms with van der Waals surface area (Å²) in [6.45, 7) is 0. The van der Waals surface area contributed by atoms with E-state index in [2.05, 4.69) is 24.3 Å². The van der Waals surface area contributed by atoms with Gasteiger partial charge in [-0.3, -0.25) is 4.79 Å². The molecular weight excluding hydrogens is 244 g/mol. The van der Waals surface area contributed by atoms with Crippen LogP contribution in [0, 0.1) is 0 Å². The minimum atomic E-state index is -0.0220. The van der Waals surface area contributed by atoms with Gasteiger partial charge in [-0.1, -0.05) is 54.6 Å². The van der Waals surface area contributed by atoms with Crippen molar-refractivity contribution >= 4 is 17.4 Å². The molecular formula is C16H15ClO. The van der Waals surface area contributed by atoms with Crippen molar-refractivity contribution in [2.75, 3.05) is 5.88 Å². The molecule has 0 bridgehead atoms. The highest BCUT2D eigenvalue weighted by Gasteiger charge is 2.03. The maximum Gasteiger partial charge on any atom is 0.177 e. The Morgan fingerprint density at radius 3 is 1.94 bits per heavy atom. The van der Waals surface area contributed by atoms with E-state index in [9.17, 15) is 4.79 Å². The Balaban J connectivity index is 1.97. The van der Waals surface area contributed by atoms with E-state index in [4.69, 9.17) is 11.6 Å². The monoisotopic (exact) mass is 258 g/mol. The molecule has 0 aromatic heterocycles. The van der Waals surface area contributed by atoms with Crippen LogP contribution in [0.25, 0.3) is 0 Å². The fourth-order valence-corrected chi connectivity index (χ4v) is 2.02. The van der Waals surface area contributed by atoms with E-state index in [1.165, 1.54) is 11.1 Å². The van der Waals surface area contributed by atoms with Gasteiger partial charge < -0.3 is 0 Å². The molecule has 0 saturated carbocycles. The summed E-state index contributed by atoms with van der Waals surface area (Å²) in [7, 11) is 0. The van der Waals surface area contributed by atoms with Crippen molar-refractivity contribution < 1.29 is 4.79 Å². The first-order chi connectivity index (χ1) is 8.79. The third-order valence-corrected chi connectivity index (χ3v) is 3.19. The predicted molar refractivity (Wildman–Crippen MR) is 75.3 cm³/mol. The summed E-state index contributed by atoms with van der Waals surface area (Å²) in [5.74, 6) is 0.0230. The molecule has 2 rings (SSSR count). The summed E-state index contributed by atoms with van der Waals surface area (Å²) >= 11 is 5.52. The quantitative estimate of drug-likeness (QED) is 0.587. The van der Waals surface area contributed by atoms with Gasteiger partial charge in [-0.05, 0) is 24.0 Å². The van der Waals surface area contributed by atoms with Crippen molar-refractivity contribution in [2.24, 2.45) is 0 Å². The number of aryl methyl sites for hydroxylation is 2. The zero-order valence-corrected chi connectivity index (χ0v) is 10.9. The van der Waals surface area contributed by atoms with E-state index in [1.54, 1.807) is 0 Å². The van der Waals surface area contributed by atoms with E-state index in [0.29, 0.717) is 5.56 Å². The lowest BCUT2D eigenvalue weighted by molar-refractivity contribution is 0.102. The van der Waals surface area contributed by atoms with Crippen molar-refractivity contribution in [1.82, 2.24) is 0 Å². The van der Waals surface area contributed by atoms with Gasteiger partial charge >= 0.3 is 0 Å². The van der Waals surface area contributed by atoms with E-state index >= 15 is 0 Å². The summed E-state index contributed by atoms with van der Waals surface area (Å²) in [5.41, 5.74) is 3.26. The number of Topliss-reactive ketones (excluding diaryl/α,β-unsaturated/α-hetero) is 1. The summed E-state index contributed by atoms with van der Waals surface area (Å²) in [6.07, 6.45) is 2.00. The molecule has 0 N–H and O–H groups in total. The predicted octanol–water partition coefficient (Wildman–Crippen LogP) is 3.89. The lowest BCUT2D eigenvalue weighted by Crippen LogP contribution is -2.00. The third-order valence-electron chi connectivity index (χ3n) is 2.94. The molecule has 2 aromatic rings. The van der Waals surface area contributed by atoms with Crippen LogP contribution < -0.4 is 0 Å². The van der Waals surface area contributed by atoms with Crippen LogP contribution in [-0.4, -0.2) is 11.7 Å². The highest BCUT2D eigenvalue weighted by molar-refractivity contribution is 6.30. The molecule has 2 aromatic carbocycles. The van der Waals surface area contributed by atoms with Gasteiger partial charge in [0.2, 0.25) is 0 Å². The van der Waals surface area contributed by atoms with Crippen LogP contribution in [0.1, 0.15) is 21.5 Å². The standard InChI is InChI=1S/C16H15ClO/c17-12-16(18)15-10-8-14(9-11-15)7-6-13-4-2-1-3-5-13/h1-5,8-11H,6-7,12H2. The molecule has 92 valence electrons. The number of hydrogen-bond donors (Lipinski definition) is 0. The van der Waals surface area contributed by atoms with Crippen LogP contribution >= 0.6 is 11.6 Å². The molecule has 0 saturated heterocycles. The molecule has 1 nitrogen and oxygen atoms in total. The van der Waals surface area contributed by atoms with Crippen LogP contribution in [0.15, 0.2) is 54.6 Å². The molecule has 18 heavy (non-hydrogen) atoms. The van der Waals surface area contributed by atoms with Crippen LogP contribution in [0.4, 0.5) is 0 Å². The number of ketones is 1. The van der Waals surface area contributed by atoms with Crippen LogP contribution in [-0.2, 0) is 12.8 Å². The third kappa shape index (κ3) is 3.44. The molecule has 0 heterocycles. The normalized spacial score (nSPS) is 10.3. The highest BCUT2D eigenvalue weighted by Crippen LogP contribution is 2.10. The Labute approximate surface area is 112 Å². The maximum atomic E-state index is 11.4. The Morgan fingerprint density at radius 1 is 0.833 bits per heavy atom. The van der Waals surface area contributed by atoms with Gasteiger partial charge in [0.05, 0.1) is 5.88 Å². The highest BCUT2D eigenvalue weighted by atomic mass is 35.5. The van der Waals surface area contributed by atoms with Gasteiger partial charge in [0, 0.05) is 5.56 Å². The van der Waals surface area contributed by atoms with Crippen molar-refractivity contribution in [2.45, 2.75) is 12.8 Å². The lowest BCUT2D eigenvalue weighted by atomic mass is 10.0. The molecule has 0 fully saturated rings. The van der Waals surface area contributed by atoms with Crippen molar-refractivity contribution in [3.63, 3.8) is 0 Å². The van der Waals surface area contributed by atoms with Gasteiger partial charge in [-0.25, -0.2) is 0 Å². The number of hydrogen-bond acceptors (Lipinski definition) is 1. The minimum Gasteiger partial charge on any atom is -0.293 e. The van der Waals surface area contributed by atoms with E-state index < -0.39 is 0 Å².